The summed E-state index contributed by atoms with van der Waals surface area (Å²) in [6, 6.07) is 0. The van der Waals surface area contributed by atoms with E-state index in [2.05, 4.69) is 17.0 Å². The van der Waals surface area contributed by atoms with Gasteiger partial charge in [0.25, 0.3) is 0 Å². The SMILES string of the molecule is CC1CCCC1C(=O)Cc1ncnn1C. The molecule has 0 N–H and O–H groups in total. The molecule has 0 radical (unpaired) electrons. The van der Waals surface area contributed by atoms with E-state index in [-0.39, 0.29) is 5.92 Å². The topological polar surface area (TPSA) is 47.8 Å². The van der Waals surface area contributed by atoms with Crippen molar-refractivity contribution in [2.24, 2.45) is 18.9 Å². The van der Waals surface area contributed by atoms with E-state index in [4.69, 9.17) is 0 Å². The number of aryl methyl sites for hydroxylation is 1. The van der Waals surface area contributed by atoms with Crippen LogP contribution >= 0.6 is 0 Å². The lowest BCUT2D eigenvalue weighted by Crippen LogP contribution is -2.20. The van der Waals surface area contributed by atoms with Crippen molar-refractivity contribution in [2.75, 3.05) is 0 Å². The molecule has 2 atom stereocenters. The van der Waals surface area contributed by atoms with Crippen molar-refractivity contribution in [3.63, 3.8) is 0 Å². The molecule has 0 bridgehead atoms. The number of hydrogen-bond donors (Lipinski definition) is 0. The van der Waals surface area contributed by atoms with Crippen LogP contribution < -0.4 is 0 Å². The Balaban J connectivity index is 2.01. The third-order valence-corrected chi connectivity index (χ3v) is 3.41. The second kappa shape index (κ2) is 4.13. The van der Waals surface area contributed by atoms with Crippen LogP contribution in [0.1, 0.15) is 32.0 Å². The van der Waals surface area contributed by atoms with Crippen LogP contribution in [0.3, 0.4) is 0 Å². The lowest BCUT2D eigenvalue weighted by Gasteiger charge is -2.13. The van der Waals surface area contributed by atoms with Crippen LogP contribution in [0.2, 0.25) is 0 Å². The molecule has 82 valence electrons. The van der Waals surface area contributed by atoms with Crippen molar-refractivity contribution >= 4 is 5.78 Å². The number of rotatable bonds is 3. The first-order chi connectivity index (χ1) is 7.18. The zero-order chi connectivity index (χ0) is 10.8. The molecule has 0 saturated heterocycles. The molecule has 4 nitrogen and oxygen atoms in total. The van der Waals surface area contributed by atoms with Crippen LogP contribution in [0.5, 0.6) is 0 Å². The second-order valence-electron chi connectivity index (χ2n) is 4.46. The monoisotopic (exact) mass is 207 g/mol. The van der Waals surface area contributed by atoms with E-state index in [1.165, 1.54) is 19.2 Å². The molecule has 0 amide bonds. The number of Topliss-reactive ketones (excluding diaryl/α,β-unsaturated/α-hetero) is 1. The summed E-state index contributed by atoms with van der Waals surface area (Å²) >= 11 is 0. The molecular weight excluding hydrogens is 190 g/mol. The zero-order valence-electron chi connectivity index (χ0n) is 9.31. The molecule has 2 rings (SSSR count). The van der Waals surface area contributed by atoms with Gasteiger partial charge in [-0.15, -0.1) is 0 Å². The minimum absolute atomic E-state index is 0.252. The number of aromatic nitrogens is 3. The normalized spacial score (nSPS) is 25.7. The van der Waals surface area contributed by atoms with Gasteiger partial charge in [-0.05, 0) is 18.8 Å². The highest BCUT2D eigenvalue weighted by atomic mass is 16.1. The van der Waals surface area contributed by atoms with E-state index in [1.807, 2.05) is 7.05 Å². The Bertz CT molecular complexity index is 358. The Hall–Kier alpha value is -1.19. The maximum atomic E-state index is 12.0. The molecule has 4 heteroatoms. The Morgan fingerprint density at radius 1 is 1.60 bits per heavy atom. The van der Waals surface area contributed by atoms with Gasteiger partial charge in [-0.3, -0.25) is 9.48 Å². The van der Waals surface area contributed by atoms with Crippen molar-refractivity contribution in [3.05, 3.63) is 12.2 Å². The molecule has 0 spiro atoms. The Morgan fingerprint density at radius 2 is 2.40 bits per heavy atom. The van der Waals surface area contributed by atoms with Crippen LogP contribution in [0.4, 0.5) is 0 Å². The van der Waals surface area contributed by atoms with Crippen molar-refractivity contribution < 1.29 is 4.79 Å². The van der Waals surface area contributed by atoms with E-state index in [0.29, 0.717) is 18.1 Å². The predicted molar refractivity (Wildman–Crippen MR) is 56.2 cm³/mol. The summed E-state index contributed by atoms with van der Waals surface area (Å²) in [6.07, 6.45) is 5.37. The highest BCUT2D eigenvalue weighted by Crippen LogP contribution is 2.32. The van der Waals surface area contributed by atoms with Gasteiger partial charge in [-0.25, -0.2) is 4.98 Å². The van der Waals surface area contributed by atoms with Crippen molar-refractivity contribution in [1.82, 2.24) is 14.8 Å². The molecule has 15 heavy (non-hydrogen) atoms. The molecule has 1 aliphatic carbocycles. The minimum atomic E-state index is 0.252. The standard InChI is InChI=1S/C11H17N3O/c1-8-4-3-5-9(8)10(15)6-11-12-7-13-14(11)2/h7-9H,3-6H2,1-2H3. The molecule has 1 saturated carbocycles. The summed E-state index contributed by atoms with van der Waals surface area (Å²) < 4.78 is 1.68. The van der Waals surface area contributed by atoms with Gasteiger partial charge in [-0.1, -0.05) is 13.3 Å². The molecule has 2 unspecified atom stereocenters. The van der Waals surface area contributed by atoms with E-state index in [0.717, 1.165) is 12.2 Å². The predicted octanol–water partition coefficient (Wildman–Crippen LogP) is 1.36. The van der Waals surface area contributed by atoms with Gasteiger partial charge in [0.1, 0.15) is 17.9 Å². The highest BCUT2D eigenvalue weighted by molar-refractivity contribution is 5.83. The van der Waals surface area contributed by atoms with E-state index < -0.39 is 0 Å². The maximum Gasteiger partial charge on any atom is 0.143 e. The van der Waals surface area contributed by atoms with Crippen LogP contribution in [0, 0.1) is 11.8 Å². The first kappa shape index (κ1) is 10.3. The fourth-order valence-electron chi connectivity index (χ4n) is 2.39. The second-order valence-corrected chi connectivity index (χ2v) is 4.46. The molecule has 1 heterocycles. The van der Waals surface area contributed by atoms with E-state index >= 15 is 0 Å². The number of carbonyl (C=O) groups is 1. The summed E-state index contributed by atoms with van der Waals surface area (Å²) in [5.41, 5.74) is 0. The number of nitrogens with zero attached hydrogens (tertiary/aromatic N) is 3. The summed E-state index contributed by atoms with van der Waals surface area (Å²) in [6.45, 7) is 2.17. The summed E-state index contributed by atoms with van der Waals surface area (Å²) in [7, 11) is 1.83. The van der Waals surface area contributed by atoms with Gasteiger partial charge in [0.05, 0.1) is 6.42 Å². The number of carbonyl (C=O) groups excluding carboxylic acids is 1. The quantitative estimate of drug-likeness (QED) is 0.752. The third-order valence-electron chi connectivity index (χ3n) is 3.41. The van der Waals surface area contributed by atoms with E-state index in [9.17, 15) is 4.79 Å². The highest BCUT2D eigenvalue weighted by Gasteiger charge is 2.29. The first-order valence-electron chi connectivity index (χ1n) is 5.54. The Kier molecular flexibility index (Phi) is 2.84. The zero-order valence-corrected chi connectivity index (χ0v) is 9.31. The molecule has 0 aliphatic heterocycles. The van der Waals surface area contributed by atoms with Gasteiger partial charge >= 0.3 is 0 Å². The average molecular weight is 207 g/mol. The summed E-state index contributed by atoms with van der Waals surface area (Å²) in [5.74, 6) is 1.91. The van der Waals surface area contributed by atoms with Gasteiger partial charge in [0.2, 0.25) is 0 Å². The number of ketones is 1. The fraction of sp³-hybridized carbons (Fsp3) is 0.727. The largest absolute Gasteiger partial charge is 0.299 e. The minimum Gasteiger partial charge on any atom is -0.299 e. The fourth-order valence-corrected chi connectivity index (χ4v) is 2.39. The lowest BCUT2D eigenvalue weighted by molar-refractivity contribution is -0.123. The molecular formula is C11H17N3O. The van der Waals surface area contributed by atoms with Crippen LogP contribution in [0.25, 0.3) is 0 Å². The number of hydrogen-bond acceptors (Lipinski definition) is 3. The van der Waals surface area contributed by atoms with Crippen LogP contribution in [-0.4, -0.2) is 20.5 Å². The van der Waals surface area contributed by atoms with Gasteiger partial charge in [0.15, 0.2) is 0 Å². The van der Waals surface area contributed by atoms with Gasteiger partial charge in [0, 0.05) is 13.0 Å². The van der Waals surface area contributed by atoms with Crippen molar-refractivity contribution in [3.8, 4) is 0 Å². The van der Waals surface area contributed by atoms with Crippen molar-refractivity contribution in [2.45, 2.75) is 32.6 Å². The van der Waals surface area contributed by atoms with Gasteiger partial charge in [-0.2, -0.15) is 5.10 Å². The average Bonchev–Trinajstić information content (AvgIpc) is 2.76. The maximum absolute atomic E-state index is 12.0. The van der Waals surface area contributed by atoms with Crippen molar-refractivity contribution in [1.29, 1.82) is 0 Å². The van der Waals surface area contributed by atoms with Crippen LogP contribution in [-0.2, 0) is 18.3 Å². The van der Waals surface area contributed by atoms with Gasteiger partial charge < -0.3 is 0 Å². The van der Waals surface area contributed by atoms with E-state index in [1.54, 1.807) is 4.68 Å². The molecule has 1 aliphatic rings. The van der Waals surface area contributed by atoms with Crippen LogP contribution in [0.15, 0.2) is 6.33 Å². The molecule has 1 fully saturated rings. The smallest absolute Gasteiger partial charge is 0.143 e. The summed E-state index contributed by atoms with van der Waals surface area (Å²) in [5, 5.41) is 3.97. The lowest BCUT2D eigenvalue weighted by atomic mass is 9.92. The Morgan fingerprint density at radius 3 is 2.93 bits per heavy atom. The third kappa shape index (κ3) is 2.08. The molecule has 0 aromatic carbocycles. The molecule has 1 aromatic heterocycles. The first-order valence-corrected chi connectivity index (χ1v) is 5.54. The Labute approximate surface area is 89.7 Å². The molecule has 1 aromatic rings. The summed E-state index contributed by atoms with van der Waals surface area (Å²) in [4.78, 5) is 16.1.